The average Bonchev–Trinajstić information content (AvgIpc) is 2.23. The first-order valence-corrected chi connectivity index (χ1v) is 6.14. The second kappa shape index (κ2) is 5.39. The van der Waals surface area contributed by atoms with E-state index < -0.39 is 0 Å². The zero-order valence-corrected chi connectivity index (χ0v) is 9.75. The predicted molar refractivity (Wildman–Crippen MR) is 62.6 cm³/mol. The van der Waals surface area contributed by atoms with E-state index in [1.54, 1.807) is 12.3 Å². The Morgan fingerprint density at radius 2 is 2.38 bits per heavy atom. The molecule has 0 radical (unpaired) electrons. The molecule has 0 aliphatic heterocycles. The minimum absolute atomic E-state index is 0.151. The van der Waals surface area contributed by atoms with Crippen LogP contribution in [-0.2, 0) is 0 Å². The minimum atomic E-state index is -0.187. The molecule has 1 aromatic rings. The van der Waals surface area contributed by atoms with E-state index >= 15 is 0 Å². The van der Waals surface area contributed by atoms with Crippen molar-refractivity contribution in [2.75, 3.05) is 6.54 Å². The van der Waals surface area contributed by atoms with Crippen molar-refractivity contribution in [2.45, 2.75) is 38.6 Å². The van der Waals surface area contributed by atoms with Crippen molar-refractivity contribution in [3.05, 3.63) is 29.8 Å². The topological polar surface area (TPSA) is 24.9 Å². The van der Waals surface area contributed by atoms with Crippen LogP contribution in [0.1, 0.15) is 44.2 Å². The summed E-state index contributed by atoms with van der Waals surface area (Å²) in [6, 6.07) is 1.94. The Labute approximate surface area is 96.3 Å². The normalized spacial score (nSPS) is 18.1. The van der Waals surface area contributed by atoms with Gasteiger partial charge in [0.25, 0.3) is 0 Å². The fourth-order valence-corrected chi connectivity index (χ4v) is 2.30. The standard InChI is InChI=1S/C13H19FN2/c1-2-16-13(8-10-4-3-5-10)11-6-7-15-9-12(11)14/h6-7,9-10,13,16H,2-5,8H2,1H3. The lowest BCUT2D eigenvalue weighted by Crippen LogP contribution is -2.26. The molecule has 1 aliphatic rings. The number of rotatable bonds is 5. The molecule has 2 nitrogen and oxygen atoms in total. The largest absolute Gasteiger partial charge is 0.310 e. The lowest BCUT2D eigenvalue weighted by atomic mass is 9.79. The van der Waals surface area contributed by atoms with E-state index in [1.807, 2.05) is 0 Å². The van der Waals surface area contributed by atoms with Crippen LogP contribution in [0.25, 0.3) is 0 Å². The van der Waals surface area contributed by atoms with Crippen molar-refractivity contribution < 1.29 is 4.39 Å². The van der Waals surface area contributed by atoms with Crippen molar-refractivity contribution in [2.24, 2.45) is 5.92 Å². The molecular formula is C13H19FN2. The maximum Gasteiger partial charge on any atom is 0.146 e. The summed E-state index contributed by atoms with van der Waals surface area (Å²) in [5, 5.41) is 3.37. The maximum absolute atomic E-state index is 13.6. The highest BCUT2D eigenvalue weighted by Gasteiger charge is 2.24. The lowest BCUT2D eigenvalue weighted by molar-refractivity contribution is 0.260. The van der Waals surface area contributed by atoms with Gasteiger partial charge in [-0.15, -0.1) is 0 Å². The van der Waals surface area contributed by atoms with Gasteiger partial charge in [-0.1, -0.05) is 26.2 Å². The first-order valence-electron chi connectivity index (χ1n) is 6.14. The number of halogens is 1. The van der Waals surface area contributed by atoms with Gasteiger partial charge in [0, 0.05) is 17.8 Å². The first-order chi connectivity index (χ1) is 7.81. The van der Waals surface area contributed by atoms with Gasteiger partial charge in [-0.25, -0.2) is 4.39 Å². The molecule has 2 rings (SSSR count). The van der Waals surface area contributed by atoms with Crippen LogP contribution in [0.2, 0.25) is 0 Å². The number of hydrogen-bond donors (Lipinski definition) is 1. The van der Waals surface area contributed by atoms with Crippen molar-refractivity contribution >= 4 is 0 Å². The van der Waals surface area contributed by atoms with Crippen LogP contribution in [0.15, 0.2) is 18.5 Å². The van der Waals surface area contributed by atoms with Crippen molar-refractivity contribution in [1.82, 2.24) is 10.3 Å². The third kappa shape index (κ3) is 2.59. The van der Waals surface area contributed by atoms with E-state index in [-0.39, 0.29) is 11.9 Å². The van der Waals surface area contributed by atoms with E-state index in [0.717, 1.165) is 24.4 Å². The number of nitrogens with one attached hydrogen (secondary N) is 1. The number of pyridine rings is 1. The molecule has 16 heavy (non-hydrogen) atoms. The van der Waals surface area contributed by atoms with E-state index in [9.17, 15) is 4.39 Å². The SMILES string of the molecule is CCNC(CC1CCC1)c1ccncc1F. The molecule has 0 bridgehead atoms. The van der Waals surface area contributed by atoms with Gasteiger partial charge in [-0.3, -0.25) is 4.98 Å². The molecule has 0 aromatic carbocycles. The molecular weight excluding hydrogens is 203 g/mol. The molecule has 0 amide bonds. The van der Waals surface area contributed by atoms with Crippen LogP contribution in [0, 0.1) is 11.7 Å². The van der Waals surface area contributed by atoms with Gasteiger partial charge in [-0.2, -0.15) is 0 Å². The van der Waals surface area contributed by atoms with Gasteiger partial charge >= 0.3 is 0 Å². The minimum Gasteiger partial charge on any atom is -0.310 e. The zero-order valence-electron chi connectivity index (χ0n) is 9.75. The summed E-state index contributed by atoms with van der Waals surface area (Å²) in [6.07, 6.45) is 7.96. The van der Waals surface area contributed by atoms with Crippen molar-refractivity contribution in [1.29, 1.82) is 0 Å². The molecule has 88 valence electrons. The fraction of sp³-hybridized carbons (Fsp3) is 0.615. The summed E-state index contributed by atoms with van der Waals surface area (Å²) in [5.41, 5.74) is 0.767. The molecule has 3 heteroatoms. The van der Waals surface area contributed by atoms with Crippen LogP contribution in [0.5, 0.6) is 0 Å². The van der Waals surface area contributed by atoms with Crippen LogP contribution in [-0.4, -0.2) is 11.5 Å². The van der Waals surface area contributed by atoms with Gasteiger partial charge in [0.15, 0.2) is 0 Å². The highest BCUT2D eigenvalue weighted by molar-refractivity contribution is 5.17. The van der Waals surface area contributed by atoms with E-state index in [4.69, 9.17) is 0 Å². The third-order valence-corrected chi connectivity index (χ3v) is 3.42. The zero-order chi connectivity index (χ0) is 11.4. The Balaban J connectivity index is 2.08. The summed E-state index contributed by atoms with van der Waals surface area (Å²) in [4.78, 5) is 3.80. The smallest absolute Gasteiger partial charge is 0.146 e. The molecule has 1 fully saturated rings. The quantitative estimate of drug-likeness (QED) is 0.828. The summed E-state index contributed by atoms with van der Waals surface area (Å²) < 4.78 is 13.6. The van der Waals surface area contributed by atoms with Crippen LogP contribution in [0.3, 0.4) is 0 Å². The predicted octanol–water partition coefficient (Wildman–Crippen LogP) is 3.06. The van der Waals surface area contributed by atoms with Crippen molar-refractivity contribution in [3.63, 3.8) is 0 Å². The molecule has 1 aromatic heterocycles. The van der Waals surface area contributed by atoms with E-state index in [1.165, 1.54) is 25.5 Å². The summed E-state index contributed by atoms with van der Waals surface area (Å²) in [7, 11) is 0. The molecule has 0 spiro atoms. The summed E-state index contributed by atoms with van der Waals surface area (Å²) >= 11 is 0. The molecule has 1 aliphatic carbocycles. The Morgan fingerprint density at radius 3 is 2.94 bits per heavy atom. The summed E-state index contributed by atoms with van der Waals surface area (Å²) in [5.74, 6) is 0.587. The molecule has 1 heterocycles. The molecule has 1 atom stereocenters. The van der Waals surface area contributed by atoms with Gasteiger partial charge in [0.1, 0.15) is 5.82 Å². The Hall–Kier alpha value is -0.960. The number of hydrogen-bond acceptors (Lipinski definition) is 2. The van der Waals surface area contributed by atoms with Crippen molar-refractivity contribution in [3.8, 4) is 0 Å². The molecule has 1 N–H and O–H groups in total. The van der Waals surface area contributed by atoms with Crippen LogP contribution in [0.4, 0.5) is 4.39 Å². The Kier molecular flexibility index (Phi) is 3.88. The van der Waals surface area contributed by atoms with Gasteiger partial charge < -0.3 is 5.32 Å². The first kappa shape index (κ1) is 11.5. The number of aromatic nitrogens is 1. The fourth-order valence-electron chi connectivity index (χ4n) is 2.30. The highest BCUT2D eigenvalue weighted by Crippen LogP contribution is 2.35. The number of nitrogens with zero attached hydrogens (tertiary/aromatic N) is 1. The van der Waals surface area contributed by atoms with Crippen LogP contribution < -0.4 is 5.32 Å². The monoisotopic (exact) mass is 222 g/mol. The second-order valence-corrected chi connectivity index (χ2v) is 4.54. The second-order valence-electron chi connectivity index (χ2n) is 4.54. The van der Waals surface area contributed by atoms with E-state index in [0.29, 0.717) is 0 Å². The molecule has 0 saturated heterocycles. The highest BCUT2D eigenvalue weighted by atomic mass is 19.1. The Morgan fingerprint density at radius 1 is 1.56 bits per heavy atom. The third-order valence-electron chi connectivity index (χ3n) is 3.42. The molecule has 1 unspecified atom stereocenters. The van der Waals surface area contributed by atoms with Gasteiger partial charge in [-0.05, 0) is 24.9 Å². The van der Waals surface area contributed by atoms with Gasteiger partial charge in [0.05, 0.1) is 6.20 Å². The lowest BCUT2D eigenvalue weighted by Gasteiger charge is -2.30. The van der Waals surface area contributed by atoms with E-state index in [2.05, 4.69) is 17.2 Å². The van der Waals surface area contributed by atoms with Gasteiger partial charge in [0.2, 0.25) is 0 Å². The average molecular weight is 222 g/mol. The van der Waals surface area contributed by atoms with Crippen LogP contribution >= 0.6 is 0 Å². The Bertz CT molecular complexity index is 336. The maximum atomic E-state index is 13.6. The summed E-state index contributed by atoms with van der Waals surface area (Å²) in [6.45, 7) is 2.94. The molecule has 1 saturated carbocycles.